The Hall–Kier alpha value is -1.11. The summed E-state index contributed by atoms with van der Waals surface area (Å²) in [5.41, 5.74) is 0. The molecule has 1 saturated heterocycles. The smallest absolute Gasteiger partial charge is 0.244 e. The van der Waals surface area contributed by atoms with Gasteiger partial charge in [-0.15, -0.1) is 0 Å². The van der Waals surface area contributed by atoms with Crippen molar-refractivity contribution in [3.05, 3.63) is 24.3 Å². The Bertz CT molecular complexity index is 530. The topological polar surface area (TPSA) is 67.4 Å². The van der Waals surface area contributed by atoms with Gasteiger partial charge in [-0.05, 0) is 38.4 Å². The van der Waals surface area contributed by atoms with E-state index in [1.165, 1.54) is 7.11 Å². The predicted molar refractivity (Wildman–Crippen MR) is 73.8 cm³/mol. The van der Waals surface area contributed by atoms with Crippen molar-refractivity contribution in [1.29, 1.82) is 0 Å². The number of hydrogen-bond donors (Lipinski definition) is 2. The molecule has 2 rings (SSSR count). The van der Waals surface area contributed by atoms with Gasteiger partial charge in [0.15, 0.2) is 0 Å². The van der Waals surface area contributed by atoms with Gasteiger partial charge in [0, 0.05) is 12.1 Å². The number of benzene rings is 1. The van der Waals surface area contributed by atoms with Gasteiger partial charge in [-0.2, -0.15) is 0 Å². The van der Waals surface area contributed by atoms with Crippen molar-refractivity contribution in [3.63, 3.8) is 0 Å². The molecule has 2 N–H and O–H groups in total. The van der Waals surface area contributed by atoms with Gasteiger partial charge in [-0.3, -0.25) is 0 Å². The van der Waals surface area contributed by atoms with E-state index in [-0.39, 0.29) is 17.0 Å². The van der Waals surface area contributed by atoms with E-state index < -0.39 is 10.0 Å². The zero-order valence-electron chi connectivity index (χ0n) is 11.2. The van der Waals surface area contributed by atoms with Crippen molar-refractivity contribution in [3.8, 4) is 5.75 Å². The first-order valence-corrected chi connectivity index (χ1v) is 7.91. The van der Waals surface area contributed by atoms with E-state index in [4.69, 9.17) is 4.74 Å². The highest BCUT2D eigenvalue weighted by atomic mass is 32.2. The lowest BCUT2D eigenvalue weighted by molar-refractivity contribution is 0.348. The summed E-state index contributed by atoms with van der Waals surface area (Å²) >= 11 is 0. The Kier molecular flexibility index (Phi) is 4.44. The maximum atomic E-state index is 12.4. The van der Waals surface area contributed by atoms with Gasteiger partial charge in [0.25, 0.3) is 0 Å². The van der Waals surface area contributed by atoms with Crippen LogP contribution in [0.15, 0.2) is 29.2 Å². The minimum absolute atomic E-state index is 0.0799. The number of methoxy groups -OCH3 is 1. The lowest BCUT2D eigenvalue weighted by Crippen LogP contribution is -2.51. The number of rotatable bonds is 4. The first-order chi connectivity index (χ1) is 9.04. The third kappa shape index (κ3) is 3.26. The zero-order valence-corrected chi connectivity index (χ0v) is 12.0. The fraction of sp³-hybridized carbons (Fsp3) is 0.538. The summed E-state index contributed by atoms with van der Waals surface area (Å²) in [6, 6.07) is 6.71. The van der Waals surface area contributed by atoms with Gasteiger partial charge >= 0.3 is 0 Å². The summed E-state index contributed by atoms with van der Waals surface area (Å²) in [4.78, 5) is 0.190. The number of piperidine rings is 1. The van der Waals surface area contributed by atoms with Crippen LogP contribution in [-0.4, -0.2) is 34.2 Å². The van der Waals surface area contributed by atoms with Crippen LogP contribution < -0.4 is 14.8 Å². The molecule has 0 radical (unpaired) electrons. The van der Waals surface area contributed by atoms with Gasteiger partial charge in [0.05, 0.1) is 7.11 Å². The Morgan fingerprint density at radius 1 is 1.37 bits per heavy atom. The van der Waals surface area contributed by atoms with Crippen molar-refractivity contribution in [2.24, 2.45) is 0 Å². The number of hydrogen-bond acceptors (Lipinski definition) is 4. The summed E-state index contributed by atoms with van der Waals surface area (Å²) in [6.07, 6.45) is 1.83. The van der Waals surface area contributed by atoms with E-state index >= 15 is 0 Å². The Morgan fingerprint density at radius 2 is 2.11 bits per heavy atom. The summed E-state index contributed by atoms with van der Waals surface area (Å²) < 4.78 is 32.7. The maximum Gasteiger partial charge on any atom is 0.244 e. The van der Waals surface area contributed by atoms with Crippen molar-refractivity contribution in [2.75, 3.05) is 13.7 Å². The highest BCUT2D eigenvalue weighted by molar-refractivity contribution is 7.89. The molecule has 1 aromatic rings. The van der Waals surface area contributed by atoms with Crippen LogP contribution in [0.4, 0.5) is 0 Å². The minimum atomic E-state index is -3.55. The molecule has 1 fully saturated rings. The molecule has 1 aliphatic heterocycles. The van der Waals surface area contributed by atoms with Crippen LogP contribution >= 0.6 is 0 Å². The average Bonchev–Trinajstić information content (AvgIpc) is 2.41. The Balaban J connectivity index is 2.22. The minimum Gasteiger partial charge on any atom is -0.495 e. The molecule has 0 saturated carbocycles. The Morgan fingerprint density at radius 3 is 2.79 bits per heavy atom. The number of sulfonamides is 1. The number of ether oxygens (including phenoxy) is 1. The Labute approximate surface area is 114 Å². The second kappa shape index (κ2) is 5.90. The highest BCUT2D eigenvalue weighted by Gasteiger charge is 2.28. The van der Waals surface area contributed by atoms with E-state index in [0.29, 0.717) is 5.75 Å². The molecule has 1 aromatic carbocycles. The van der Waals surface area contributed by atoms with Gasteiger partial charge in [0.2, 0.25) is 10.0 Å². The summed E-state index contributed by atoms with van der Waals surface area (Å²) in [6.45, 7) is 2.93. The second-order valence-corrected chi connectivity index (χ2v) is 6.45. The maximum absolute atomic E-state index is 12.4. The van der Waals surface area contributed by atoms with Crippen LogP contribution in [0, 0.1) is 0 Å². The van der Waals surface area contributed by atoms with E-state index in [0.717, 1.165) is 19.4 Å². The third-order valence-corrected chi connectivity index (χ3v) is 4.96. The van der Waals surface area contributed by atoms with Crippen LogP contribution in [0.1, 0.15) is 19.8 Å². The molecule has 19 heavy (non-hydrogen) atoms. The molecule has 6 heteroatoms. The molecule has 1 heterocycles. The molecular weight excluding hydrogens is 264 g/mol. The molecule has 106 valence electrons. The quantitative estimate of drug-likeness (QED) is 0.869. The molecule has 0 amide bonds. The summed E-state index contributed by atoms with van der Waals surface area (Å²) in [5, 5.41) is 3.28. The molecule has 2 atom stereocenters. The van der Waals surface area contributed by atoms with Crippen LogP contribution in [-0.2, 0) is 10.0 Å². The second-order valence-electron chi connectivity index (χ2n) is 4.76. The number of para-hydroxylation sites is 1. The van der Waals surface area contributed by atoms with Crippen molar-refractivity contribution < 1.29 is 13.2 Å². The largest absolute Gasteiger partial charge is 0.495 e. The molecular formula is C13H20N2O3S. The van der Waals surface area contributed by atoms with E-state index in [1.54, 1.807) is 24.3 Å². The highest BCUT2D eigenvalue weighted by Crippen LogP contribution is 2.23. The molecule has 2 unspecified atom stereocenters. The average molecular weight is 284 g/mol. The molecule has 0 spiro atoms. The summed E-state index contributed by atoms with van der Waals surface area (Å²) in [7, 11) is -2.08. The zero-order chi connectivity index (χ0) is 13.9. The van der Waals surface area contributed by atoms with Crippen LogP contribution in [0.3, 0.4) is 0 Å². The number of nitrogens with one attached hydrogen (secondary N) is 2. The molecule has 0 bridgehead atoms. The first kappa shape index (κ1) is 14.3. The fourth-order valence-corrected chi connectivity index (χ4v) is 3.83. The fourth-order valence-electron chi connectivity index (χ4n) is 2.31. The normalized spacial score (nSPS) is 24.1. The van der Waals surface area contributed by atoms with Crippen LogP contribution in [0.2, 0.25) is 0 Å². The van der Waals surface area contributed by atoms with Crippen molar-refractivity contribution >= 4 is 10.0 Å². The first-order valence-electron chi connectivity index (χ1n) is 6.43. The van der Waals surface area contributed by atoms with Crippen molar-refractivity contribution in [2.45, 2.75) is 36.7 Å². The van der Waals surface area contributed by atoms with Gasteiger partial charge in [-0.1, -0.05) is 12.1 Å². The van der Waals surface area contributed by atoms with E-state index in [1.807, 2.05) is 6.92 Å². The van der Waals surface area contributed by atoms with Crippen LogP contribution in [0.25, 0.3) is 0 Å². The monoisotopic (exact) mass is 284 g/mol. The lowest BCUT2D eigenvalue weighted by atomic mass is 10.0. The van der Waals surface area contributed by atoms with Gasteiger partial charge in [-0.25, -0.2) is 13.1 Å². The van der Waals surface area contributed by atoms with E-state index in [9.17, 15) is 8.42 Å². The molecule has 5 nitrogen and oxygen atoms in total. The molecule has 0 aromatic heterocycles. The summed E-state index contributed by atoms with van der Waals surface area (Å²) in [5.74, 6) is 0.367. The molecule has 1 aliphatic rings. The van der Waals surface area contributed by atoms with Gasteiger partial charge < -0.3 is 10.1 Å². The van der Waals surface area contributed by atoms with Crippen LogP contribution in [0.5, 0.6) is 5.75 Å². The van der Waals surface area contributed by atoms with Crippen molar-refractivity contribution in [1.82, 2.24) is 10.0 Å². The predicted octanol–water partition coefficient (Wildman–Crippen LogP) is 1.11. The van der Waals surface area contributed by atoms with E-state index in [2.05, 4.69) is 10.0 Å². The standard InChI is InChI=1S/C13H20N2O3S/c1-10-11(6-5-9-14-10)15-19(16,17)13-8-4-3-7-12(13)18-2/h3-4,7-8,10-11,14-15H,5-6,9H2,1-2H3. The molecule has 0 aliphatic carbocycles. The SMILES string of the molecule is COc1ccccc1S(=O)(=O)NC1CCCNC1C. The van der Waals surface area contributed by atoms with Gasteiger partial charge in [0.1, 0.15) is 10.6 Å². The third-order valence-electron chi connectivity index (χ3n) is 3.43. The lowest BCUT2D eigenvalue weighted by Gasteiger charge is -2.30.